The molecule has 1 aromatic heterocycles. The number of hydrogen-bond donors (Lipinski definition) is 1. The highest BCUT2D eigenvalue weighted by atomic mass is 35.5. The normalized spacial score (nSPS) is 14.0. The third kappa shape index (κ3) is 5.46. The van der Waals surface area contributed by atoms with E-state index < -0.39 is 0 Å². The second-order valence-electron chi connectivity index (χ2n) is 5.98. The first kappa shape index (κ1) is 19.2. The Labute approximate surface area is 166 Å². The predicted molar refractivity (Wildman–Crippen MR) is 108 cm³/mol. The molecule has 1 aromatic carbocycles. The Bertz CT molecular complexity index is 764. The number of rotatable bonds is 8. The molecule has 1 aliphatic heterocycles. The molecular formula is C18H20ClN3O2S2. The van der Waals surface area contributed by atoms with Crippen LogP contribution in [0, 0.1) is 0 Å². The summed E-state index contributed by atoms with van der Waals surface area (Å²) in [7, 11) is 0. The molecule has 3 rings (SSSR count). The first-order valence-corrected chi connectivity index (χ1v) is 10.9. The summed E-state index contributed by atoms with van der Waals surface area (Å²) in [6.45, 7) is 1.35. The number of benzene rings is 1. The molecule has 2 aromatic rings. The fraction of sp³-hybridized carbons (Fsp3) is 0.389. The first-order chi connectivity index (χ1) is 12.6. The van der Waals surface area contributed by atoms with Crippen molar-refractivity contribution >= 4 is 51.6 Å². The summed E-state index contributed by atoms with van der Waals surface area (Å²) in [5.41, 5.74) is 1.94. The number of thioether (sulfide) groups is 1. The summed E-state index contributed by atoms with van der Waals surface area (Å²) in [6, 6.07) is 7.80. The van der Waals surface area contributed by atoms with Gasteiger partial charge in [0.25, 0.3) is 0 Å². The van der Waals surface area contributed by atoms with Gasteiger partial charge in [0.2, 0.25) is 11.8 Å². The quantitative estimate of drug-likeness (QED) is 0.677. The van der Waals surface area contributed by atoms with Gasteiger partial charge < -0.3 is 5.32 Å². The average Bonchev–Trinajstić information content (AvgIpc) is 3.25. The third-order valence-electron chi connectivity index (χ3n) is 3.94. The number of nitrogens with zero attached hydrogens (tertiary/aromatic N) is 2. The number of carbonyl (C=O) groups excluding carboxylic acids is 2. The van der Waals surface area contributed by atoms with Crippen LogP contribution in [-0.2, 0) is 21.8 Å². The molecule has 5 nitrogen and oxygen atoms in total. The molecule has 26 heavy (non-hydrogen) atoms. The maximum Gasteiger partial charge on any atom is 0.228 e. The van der Waals surface area contributed by atoms with Gasteiger partial charge in [-0.25, -0.2) is 4.98 Å². The van der Waals surface area contributed by atoms with E-state index in [1.54, 1.807) is 16.7 Å². The molecule has 0 atom stereocenters. The minimum atomic E-state index is -0.0401. The van der Waals surface area contributed by atoms with E-state index in [2.05, 4.69) is 10.3 Å². The first-order valence-electron chi connectivity index (χ1n) is 8.45. The molecule has 0 spiro atoms. The number of nitrogens with one attached hydrogen (secondary N) is 1. The number of aromatic nitrogens is 1. The van der Waals surface area contributed by atoms with Crippen LogP contribution in [-0.4, -0.2) is 35.6 Å². The van der Waals surface area contributed by atoms with Crippen molar-refractivity contribution in [3.63, 3.8) is 0 Å². The number of carbonyl (C=O) groups is 2. The molecule has 2 amide bonds. The standard InChI is InChI=1S/C18H20ClN3O2S2/c19-14-5-3-13(4-6-14)11-25-9-7-20-16(23)10-15-12-26-18(21-15)22-8-1-2-17(22)24/h3-6,12H,1-2,7-11H2,(H,20,23). The van der Waals surface area contributed by atoms with E-state index in [1.807, 2.05) is 29.6 Å². The summed E-state index contributed by atoms with van der Waals surface area (Å²) < 4.78 is 0. The molecule has 1 aliphatic rings. The number of thiazole rings is 1. The maximum absolute atomic E-state index is 12.0. The van der Waals surface area contributed by atoms with Crippen LogP contribution in [0.25, 0.3) is 0 Å². The van der Waals surface area contributed by atoms with E-state index in [0.29, 0.717) is 18.1 Å². The SMILES string of the molecule is O=C(Cc1csc(N2CCCC2=O)n1)NCCSCc1ccc(Cl)cc1. The van der Waals surface area contributed by atoms with Crippen molar-refractivity contribution in [1.29, 1.82) is 0 Å². The number of amides is 2. The minimum absolute atomic E-state index is 0.0401. The highest BCUT2D eigenvalue weighted by Gasteiger charge is 2.24. The van der Waals surface area contributed by atoms with E-state index in [4.69, 9.17) is 11.6 Å². The Balaban J connectivity index is 1.34. The lowest BCUT2D eigenvalue weighted by Gasteiger charge is -2.10. The second-order valence-corrected chi connectivity index (χ2v) is 8.35. The molecular weight excluding hydrogens is 390 g/mol. The Morgan fingerprint density at radius 3 is 2.88 bits per heavy atom. The molecule has 2 heterocycles. The summed E-state index contributed by atoms with van der Waals surface area (Å²) in [4.78, 5) is 29.9. The van der Waals surface area contributed by atoms with Gasteiger partial charge in [0.15, 0.2) is 5.13 Å². The van der Waals surface area contributed by atoms with Crippen LogP contribution in [0.4, 0.5) is 5.13 Å². The van der Waals surface area contributed by atoms with Crippen LogP contribution < -0.4 is 10.2 Å². The number of halogens is 1. The van der Waals surface area contributed by atoms with Crippen molar-refractivity contribution in [2.75, 3.05) is 23.7 Å². The third-order valence-corrected chi connectivity index (χ3v) is 6.13. The molecule has 0 unspecified atom stereocenters. The molecule has 1 N–H and O–H groups in total. The number of anilines is 1. The van der Waals surface area contributed by atoms with Gasteiger partial charge >= 0.3 is 0 Å². The van der Waals surface area contributed by atoms with Crippen molar-refractivity contribution in [3.05, 3.63) is 45.9 Å². The van der Waals surface area contributed by atoms with Crippen molar-refractivity contribution in [1.82, 2.24) is 10.3 Å². The summed E-state index contributed by atoms with van der Waals surface area (Å²) >= 11 is 9.05. The van der Waals surface area contributed by atoms with Crippen LogP contribution in [0.3, 0.4) is 0 Å². The summed E-state index contributed by atoms with van der Waals surface area (Å²) in [6.07, 6.45) is 1.71. The summed E-state index contributed by atoms with van der Waals surface area (Å²) in [5, 5.41) is 6.22. The van der Waals surface area contributed by atoms with Crippen LogP contribution in [0.1, 0.15) is 24.1 Å². The molecule has 1 saturated heterocycles. The monoisotopic (exact) mass is 409 g/mol. The molecule has 1 fully saturated rings. The van der Waals surface area contributed by atoms with Gasteiger partial charge in [0, 0.05) is 41.4 Å². The van der Waals surface area contributed by atoms with Crippen molar-refractivity contribution in [3.8, 4) is 0 Å². The second kappa shape index (κ2) is 9.39. The molecule has 8 heteroatoms. The zero-order valence-electron chi connectivity index (χ0n) is 14.2. The molecule has 0 aliphatic carbocycles. The maximum atomic E-state index is 12.0. The van der Waals surface area contributed by atoms with Gasteiger partial charge in [-0.3, -0.25) is 14.5 Å². The van der Waals surface area contributed by atoms with Gasteiger partial charge in [-0.05, 0) is 24.1 Å². The lowest BCUT2D eigenvalue weighted by atomic mass is 10.2. The fourth-order valence-electron chi connectivity index (χ4n) is 2.61. The van der Waals surface area contributed by atoms with Gasteiger partial charge in [-0.1, -0.05) is 23.7 Å². The lowest BCUT2D eigenvalue weighted by molar-refractivity contribution is -0.120. The number of hydrogen-bond acceptors (Lipinski definition) is 5. The predicted octanol–water partition coefficient (Wildman–Crippen LogP) is 3.52. The van der Waals surface area contributed by atoms with E-state index in [9.17, 15) is 9.59 Å². The van der Waals surface area contributed by atoms with Gasteiger partial charge in [-0.15, -0.1) is 11.3 Å². The Morgan fingerprint density at radius 2 is 2.15 bits per heavy atom. The van der Waals surface area contributed by atoms with E-state index in [1.165, 1.54) is 16.9 Å². The van der Waals surface area contributed by atoms with Crippen LogP contribution in [0.15, 0.2) is 29.6 Å². The van der Waals surface area contributed by atoms with Crippen molar-refractivity contribution in [2.45, 2.75) is 25.0 Å². The van der Waals surface area contributed by atoms with Crippen LogP contribution >= 0.6 is 34.7 Å². The Kier molecular flexibility index (Phi) is 6.93. The Hall–Kier alpha value is -1.57. The minimum Gasteiger partial charge on any atom is -0.355 e. The fourth-order valence-corrected chi connectivity index (χ4v) is 4.42. The van der Waals surface area contributed by atoms with Gasteiger partial charge in [0.05, 0.1) is 12.1 Å². The van der Waals surface area contributed by atoms with E-state index >= 15 is 0 Å². The van der Waals surface area contributed by atoms with Gasteiger partial charge in [-0.2, -0.15) is 11.8 Å². The summed E-state index contributed by atoms with van der Waals surface area (Å²) in [5.74, 6) is 1.82. The smallest absolute Gasteiger partial charge is 0.228 e. The van der Waals surface area contributed by atoms with Crippen LogP contribution in [0.2, 0.25) is 5.02 Å². The Morgan fingerprint density at radius 1 is 1.35 bits per heavy atom. The van der Waals surface area contributed by atoms with Crippen LogP contribution in [0.5, 0.6) is 0 Å². The average molecular weight is 410 g/mol. The van der Waals surface area contributed by atoms with Gasteiger partial charge in [0.1, 0.15) is 0 Å². The van der Waals surface area contributed by atoms with Crippen molar-refractivity contribution < 1.29 is 9.59 Å². The highest BCUT2D eigenvalue weighted by Crippen LogP contribution is 2.25. The zero-order valence-corrected chi connectivity index (χ0v) is 16.6. The highest BCUT2D eigenvalue weighted by molar-refractivity contribution is 7.98. The lowest BCUT2D eigenvalue weighted by Crippen LogP contribution is -2.27. The molecule has 0 radical (unpaired) electrons. The van der Waals surface area contributed by atoms with Crippen molar-refractivity contribution in [2.24, 2.45) is 0 Å². The topological polar surface area (TPSA) is 62.3 Å². The van der Waals surface area contributed by atoms with E-state index in [-0.39, 0.29) is 18.2 Å². The molecule has 0 bridgehead atoms. The largest absolute Gasteiger partial charge is 0.355 e. The zero-order chi connectivity index (χ0) is 18.4. The van der Waals surface area contributed by atoms with E-state index in [0.717, 1.165) is 35.2 Å². The molecule has 138 valence electrons. The molecule has 0 saturated carbocycles.